The van der Waals surface area contributed by atoms with Crippen LogP contribution in [0.3, 0.4) is 0 Å². The molecule has 0 bridgehead atoms. The summed E-state index contributed by atoms with van der Waals surface area (Å²) in [5.41, 5.74) is 0.721. The van der Waals surface area contributed by atoms with Gasteiger partial charge in [-0.3, -0.25) is 10.1 Å². The third-order valence-corrected chi connectivity index (χ3v) is 4.00. The number of anilines is 1. The van der Waals surface area contributed by atoms with Crippen LogP contribution in [0.2, 0.25) is 0 Å². The standard InChI is InChI=1S/C14H9Br2FN2O2S/c15-10-5-9(6-11(16)12(10)20)18-14(22)19-13(21)7-2-1-3-8(17)4-7/h1-6,20H,(H2,18,19,21,22). The summed E-state index contributed by atoms with van der Waals surface area (Å²) in [5, 5.41) is 14.9. The van der Waals surface area contributed by atoms with E-state index in [0.29, 0.717) is 14.6 Å². The van der Waals surface area contributed by atoms with Crippen molar-refractivity contribution in [2.45, 2.75) is 0 Å². The lowest BCUT2D eigenvalue weighted by Crippen LogP contribution is -2.34. The Morgan fingerprint density at radius 3 is 2.41 bits per heavy atom. The van der Waals surface area contributed by atoms with Crippen LogP contribution in [0.5, 0.6) is 5.75 Å². The third-order valence-electron chi connectivity index (χ3n) is 2.59. The maximum absolute atomic E-state index is 13.1. The van der Waals surface area contributed by atoms with Crippen LogP contribution in [-0.2, 0) is 0 Å². The van der Waals surface area contributed by atoms with Gasteiger partial charge < -0.3 is 10.4 Å². The molecule has 114 valence electrons. The highest BCUT2D eigenvalue weighted by Crippen LogP contribution is 2.35. The second kappa shape index (κ2) is 7.17. The first-order chi connectivity index (χ1) is 10.4. The second-order valence-corrected chi connectivity index (χ2v) is 6.32. The van der Waals surface area contributed by atoms with Gasteiger partial charge in [0.15, 0.2) is 5.11 Å². The van der Waals surface area contributed by atoms with Gasteiger partial charge in [0.1, 0.15) is 11.6 Å². The van der Waals surface area contributed by atoms with Crippen LogP contribution in [0.1, 0.15) is 10.4 Å². The van der Waals surface area contributed by atoms with Gasteiger partial charge in [0, 0.05) is 11.3 Å². The number of hydrogen-bond acceptors (Lipinski definition) is 3. The Hall–Kier alpha value is -1.51. The number of aromatic hydroxyl groups is 1. The monoisotopic (exact) mass is 446 g/mol. The quantitative estimate of drug-likeness (QED) is 0.477. The summed E-state index contributed by atoms with van der Waals surface area (Å²) < 4.78 is 14.0. The molecule has 0 saturated carbocycles. The normalized spacial score (nSPS) is 10.1. The molecule has 4 nitrogen and oxygen atoms in total. The molecule has 0 heterocycles. The predicted octanol–water partition coefficient (Wildman–Crippen LogP) is 4.18. The van der Waals surface area contributed by atoms with Crippen molar-refractivity contribution in [3.63, 3.8) is 0 Å². The number of carbonyl (C=O) groups is 1. The van der Waals surface area contributed by atoms with Crippen molar-refractivity contribution in [2.24, 2.45) is 0 Å². The van der Waals surface area contributed by atoms with Crippen LogP contribution in [0.15, 0.2) is 45.3 Å². The van der Waals surface area contributed by atoms with Gasteiger partial charge in [-0.1, -0.05) is 6.07 Å². The first-order valence-electron chi connectivity index (χ1n) is 5.92. The predicted molar refractivity (Wildman–Crippen MR) is 93.6 cm³/mol. The number of phenolic OH excluding ortho intramolecular Hbond substituents is 1. The van der Waals surface area contributed by atoms with Crippen LogP contribution in [0, 0.1) is 5.82 Å². The fraction of sp³-hybridized carbons (Fsp3) is 0. The van der Waals surface area contributed by atoms with E-state index in [9.17, 15) is 14.3 Å². The number of rotatable bonds is 2. The fourth-order valence-corrected chi connectivity index (χ4v) is 3.00. The maximum atomic E-state index is 13.1. The van der Waals surface area contributed by atoms with Gasteiger partial charge in [0.25, 0.3) is 5.91 Å². The number of thiocarbonyl (C=S) groups is 1. The molecule has 0 aliphatic rings. The molecule has 3 N–H and O–H groups in total. The van der Waals surface area contributed by atoms with Crippen molar-refractivity contribution >= 4 is 60.8 Å². The fourth-order valence-electron chi connectivity index (χ4n) is 1.61. The largest absolute Gasteiger partial charge is 0.506 e. The first-order valence-corrected chi connectivity index (χ1v) is 7.92. The molecule has 0 saturated heterocycles. The highest BCUT2D eigenvalue weighted by atomic mass is 79.9. The van der Waals surface area contributed by atoms with Crippen molar-refractivity contribution < 1.29 is 14.3 Å². The van der Waals surface area contributed by atoms with E-state index in [0.717, 1.165) is 6.07 Å². The molecule has 1 amide bonds. The van der Waals surface area contributed by atoms with Crippen LogP contribution in [-0.4, -0.2) is 16.1 Å². The maximum Gasteiger partial charge on any atom is 0.257 e. The second-order valence-electron chi connectivity index (χ2n) is 4.21. The van der Waals surface area contributed by atoms with Gasteiger partial charge >= 0.3 is 0 Å². The van der Waals surface area contributed by atoms with Crippen molar-refractivity contribution in [3.05, 3.63) is 56.7 Å². The summed E-state index contributed by atoms with van der Waals surface area (Å²) in [6.45, 7) is 0. The van der Waals surface area contributed by atoms with E-state index in [-0.39, 0.29) is 16.4 Å². The molecule has 2 rings (SSSR count). The van der Waals surface area contributed by atoms with E-state index in [1.807, 2.05) is 0 Å². The van der Waals surface area contributed by atoms with Gasteiger partial charge in [-0.25, -0.2) is 4.39 Å². The number of halogens is 3. The minimum atomic E-state index is -0.520. The Balaban J connectivity index is 2.06. The van der Waals surface area contributed by atoms with Gasteiger partial charge in [0.2, 0.25) is 0 Å². The molecule has 2 aromatic rings. The average Bonchev–Trinajstić information content (AvgIpc) is 2.44. The Kier molecular flexibility index (Phi) is 5.49. The first kappa shape index (κ1) is 16.9. The highest BCUT2D eigenvalue weighted by Gasteiger charge is 2.10. The summed E-state index contributed by atoms with van der Waals surface area (Å²) in [6, 6.07) is 8.48. The number of nitrogens with one attached hydrogen (secondary N) is 2. The van der Waals surface area contributed by atoms with Gasteiger partial charge in [-0.2, -0.15) is 0 Å². The van der Waals surface area contributed by atoms with Crippen LogP contribution >= 0.6 is 44.1 Å². The van der Waals surface area contributed by atoms with E-state index >= 15 is 0 Å². The number of amides is 1. The van der Waals surface area contributed by atoms with E-state index in [1.165, 1.54) is 18.2 Å². The molecular formula is C14H9Br2FN2O2S. The smallest absolute Gasteiger partial charge is 0.257 e. The molecule has 0 fully saturated rings. The summed E-state index contributed by atoms with van der Waals surface area (Å²) in [7, 11) is 0. The van der Waals surface area contributed by atoms with Crippen LogP contribution < -0.4 is 10.6 Å². The molecule has 0 unspecified atom stereocenters. The average molecular weight is 448 g/mol. The lowest BCUT2D eigenvalue weighted by atomic mass is 10.2. The number of phenols is 1. The number of benzene rings is 2. The van der Waals surface area contributed by atoms with Crippen LogP contribution in [0.25, 0.3) is 0 Å². The van der Waals surface area contributed by atoms with Gasteiger partial charge in [-0.05, 0) is 74.4 Å². The summed E-state index contributed by atoms with van der Waals surface area (Å²) in [6.07, 6.45) is 0. The summed E-state index contributed by atoms with van der Waals surface area (Å²) in [4.78, 5) is 11.9. The number of carbonyl (C=O) groups excluding carboxylic acids is 1. The molecule has 0 radical (unpaired) electrons. The zero-order valence-corrected chi connectivity index (χ0v) is 14.9. The molecular weight excluding hydrogens is 439 g/mol. The molecule has 0 aliphatic carbocycles. The molecule has 2 aromatic carbocycles. The minimum absolute atomic E-state index is 0.0544. The van der Waals surface area contributed by atoms with Crippen molar-refractivity contribution in [1.82, 2.24) is 5.32 Å². The van der Waals surface area contributed by atoms with E-state index in [2.05, 4.69) is 42.5 Å². The zero-order valence-electron chi connectivity index (χ0n) is 10.9. The van der Waals surface area contributed by atoms with Crippen molar-refractivity contribution in [2.75, 3.05) is 5.32 Å². The molecule has 0 atom stereocenters. The Morgan fingerprint density at radius 2 is 1.82 bits per heavy atom. The lowest BCUT2D eigenvalue weighted by Gasteiger charge is -2.11. The third kappa shape index (κ3) is 4.25. The summed E-state index contributed by atoms with van der Waals surface area (Å²) in [5.74, 6) is -0.966. The Morgan fingerprint density at radius 1 is 1.18 bits per heavy atom. The van der Waals surface area contributed by atoms with E-state index in [4.69, 9.17) is 12.2 Å². The van der Waals surface area contributed by atoms with Crippen molar-refractivity contribution in [1.29, 1.82) is 0 Å². The molecule has 0 spiro atoms. The molecule has 22 heavy (non-hydrogen) atoms. The lowest BCUT2D eigenvalue weighted by molar-refractivity contribution is 0.0977. The topological polar surface area (TPSA) is 61.4 Å². The summed E-state index contributed by atoms with van der Waals surface area (Å²) >= 11 is 11.4. The van der Waals surface area contributed by atoms with E-state index < -0.39 is 11.7 Å². The van der Waals surface area contributed by atoms with Gasteiger partial charge in [-0.15, -0.1) is 0 Å². The zero-order chi connectivity index (χ0) is 16.3. The Labute approximate surface area is 148 Å². The molecule has 0 aromatic heterocycles. The SMILES string of the molecule is O=C(NC(=S)Nc1cc(Br)c(O)c(Br)c1)c1cccc(F)c1. The number of hydrogen-bond donors (Lipinski definition) is 3. The van der Waals surface area contributed by atoms with Gasteiger partial charge in [0.05, 0.1) is 8.95 Å². The molecule has 0 aliphatic heterocycles. The molecule has 8 heteroatoms. The minimum Gasteiger partial charge on any atom is -0.506 e. The highest BCUT2D eigenvalue weighted by molar-refractivity contribution is 9.11. The van der Waals surface area contributed by atoms with E-state index in [1.54, 1.807) is 12.1 Å². The Bertz CT molecular complexity index is 732. The van der Waals surface area contributed by atoms with Crippen molar-refractivity contribution in [3.8, 4) is 5.75 Å². The van der Waals surface area contributed by atoms with Crippen LogP contribution in [0.4, 0.5) is 10.1 Å².